The molecule has 1 aliphatic carbocycles. The van der Waals surface area contributed by atoms with E-state index in [9.17, 15) is 0 Å². The number of hydrogen-bond donors (Lipinski definition) is 0. The van der Waals surface area contributed by atoms with E-state index in [0.29, 0.717) is 45.1 Å². The van der Waals surface area contributed by atoms with Gasteiger partial charge in [0, 0.05) is 12.1 Å². The molecule has 0 amide bonds. The summed E-state index contributed by atoms with van der Waals surface area (Å²) in [4.78, 5) is 9.40. The minimum Gasteiger partial charge on any atom is -0.411 e. The van der Waals surface area contributed by atoms with E-state index in [1.165, 1.54) is 0 Å². The molecule has 3 rings (SSSR count). The van der Waals surface area contributed by atoms with Gasteiger partial charge in [0.1, 0.15) is 11.9 Å². The van der Waals surface area contributed by atoms with Crippen molar-refractivity contribution in [3.63, 3.8) is 0 Å². The molecule has 1 aliphatic heterocycles. The lowest BCUT2D eigenvalue weighted by atomic mass is 9.86. The van der Waals surface area contributed by atoms with E-state index in [1.54, 1.807) is 0 Å². The molecule has 1 unspecified atom stereocenters. The molecule has 29 heavy (non-hydrogen) atoms. The zero-order chi connectivity index (χ0) is 20.9. The topological polar surface area (TPSA) is 62.7 Å². The monoisotopic (exact) mass is 422 g/mol. The Morgan fingerprint density at radius 3 is 2.55 bits per heavy atom. The summed E-state index contributed by atoms with van der Waals surface area (Å²) in [5.41, 5.74) is 0.993. The molecular formula is C22H38N2O4Si. The minimum atomic E-state index is -1.77. The maximum absolute atomic E-state index is 6.34. The predicted octanol–water partition coefficient (Wildman–Crippen LogP) is 4.46. The van der Waals surface area contributed by atoms with Gasteiger partial charge in [0.15, 0.2) is 8.32 Å². The third kappa shape index (κ3) is 6.56. The molecular weight excluding hydrogens is 384 g/mol. The molecule has 2 heterocycles. The largest absolute Gasteiger partial charge is 0.411 e. The summed E-state index contributed by atoms with van der Waals surface area (Å²) in [5, 5.41) is 0.204. The standard InChI is InChI=1S/C22H38N2O4Si/c1-22(2,3)29(4,5)28-14-18-10-11-23-21(24-18)17-6-8-19(9-7-17)27-16-20-15-25-12-13-26-20/h10-11,17,19-20H,6-9,12-16H2,1-5H3. The van der Waals surface area contributed by atoms with Crippen LogP contribution in [0.4, 0.5) is 0 Å². The second-order valence-corrected chi connectivity index (χ2v) is 14.6. The van der Waals surface area contributed by atoms with Crippen molar-refractivity contribution in [2.45, 2.75) is 89.3 Å². The average molecular weight is 423 g/mol. The lowest BCUT2D eigenvalue weighted by molar-refractivity contribution is -0.128. The van der Waals surface area contributed by atoms with Gasteiger partial charge < -0.3 is 18.6 Å². The molecule has 1 atom stereocenters. The molecule has 0 aromatic carbocycles. The molecule has 0 N–H and O–H groups in total. The highest BCUT2D eigenvalue weighted by Gasteiger charge is 2.37. The summed E-state index contributed by atoms with van der Waals surface area (Å²) in [7, 11) is -1.77. The van der Waals surface area contributed by atoms with E-state index in [-0.39, 0.29) is 11.1 Å². The van der Waals surface area contributed by atoms with Crippen molar-refractivity contribution in [2.75, 3.05) is 26.4 Å². The predicted molar refractivity (Wildman–Crippen MR) is 116 cm³/mol. The summed E-state index contributed by atoms with van der Waals surface area (Å²) in [5.74, 6) is 1.38. The van der Waals surface area contributed by atoms with Gasteiger partial charge >= 0.3 is 0 Å². The SMILES string of the molecule is CC(C)(C)[Si](C)(C)OCc1ccnc(C2CCC(OCC3COCCO3)CC2)n1. The summed E-state index contributed by atoms with van der Waals surface area (Å²) >= 11 is 0. The highest BCUT2D eigenvalue weighted by molar-refractivity contribution is 6.74. The van der Waals surface area contributed by atoms with Crippen LogP contribution >= 0.6 is 0 Å². The molecule has 7 heteroatoms. The highest BCUT2D eigenvalue weighted by Crippen LogP contribution is 2.37. The number of aromatic nitrogens is 2. The molecule has 1 aromatic heterocycles. The van der Waals surface area contributed by atoms with Crippen molar-refractivity contribution in [3.05, 3.63) is 23.8 Å². The quantitative estimate of drug-likeness (QED) is 0.605. The van der Waals surface area contributed by atoms with Gasteiger partial charge in [-0.25, -0.2) is 9.97 Å². The van der Waals surface area contributed by atoms with Crippen LogP contribution in [0, 0.1) is 0 Å². The summed E-state index contributed by atoms with van der Waals surface area (Å²) in [6, 6.07) is 1.98. The van der Waals surface area contributed by atoms with Crippen LogP contribution < -0.4 is 0 Å². The number of rotatable bonds is 7. The van der Waals surface area contributed by atoms with Crippen LogP contribution in [0.15, 0.2) is 12.3 Å². The van der Waals surface area contributed by atoms with Gasteiger partial charge in [-0.15, -0.1) is 0 Å². The number of nitrogens with zero attached hydrogens (tertiary/aromatic N) is 2. The van der Waals surface area contributed by atoms with Crippen molar-refractivity contribution in [3.8, 4) is 0 Å². The van der Waals surface area contributed by atoms with Crippen LogP contribution in [0.1, 0.15) is 63.9 Å². The maximum atomic E-state index is 6.34. The molecule has 0 radical (unpaired) electrons. The van der Waals surface area contributed by atoms with Gasteiger partial charge in [-0.3, -0.25) is 0 Å². The van der Waals surface area contributed by atoms with Crippen LogP contribution in [-0.2, 0) is 25.2 Å². The first kappa shape index (κ1) is 22.8. The third-order valence-electron chi connectivity index (χ3n) is 6.56. The molecule has 1 aromatic rings. The Bertz CT molecular complexity index is 636. The first-order valence-corrected chi connectivity index (χ1v) is 13.9. The Hall–Kier alpha value is -0.863. The number of ether oxygens (including phenoxy) is 3. The van der Waals surface area contributed by atoms with E-state index in [0.717, 1.165) is 37.2 Å². The summed E-state index contributed by atoms with van der Waals surface area (Å²) in [6.45, 7) is 14.6. The summed E-state index contributed by atoms with van der Waals surface area (Å²) in [6.07, 6.45) is 6.51. The van der Waals surface area contributed by atoms with Crippen molar-refractivity contribution in [1.82, 2.24) is 9.97 Å². The van der Waals surface area contributed by atoms with Gasteiger partial charge in [-0.2, -0.15) is 0 Å². The fraction of sp³-hybridized carbons (Fsp3) is 0.818. The molecule has 0 spiro atoms. The lowest BCUT2D eigenvalue weighted by Crippen LogP contribution is -2.40. The number of hydrogen-bond acceptors (Lipinski definition) is 6. The molecule has 0 bridgehead atoms. The van der Waals surface area contributed by atoms with Crippen LogP contribution in [0.2, 0.25) is 18.1 Å². The van der Waals surface area contributed by atoms with Gasteiger partial charge in [0.25, 0.3) is 0 Å². The molecule has 2 aliphatic rings. The molecule has 2 fully saturated rings. The Balaban J connectivity index is 1.46. The van der Waals surface area contributed by atoms with E-state index in [1.807, 2.05) is 12.3 Å². The van der Waals surface area contributed by atoms with Crippen LogP contribution in [-0.4, -0.2) is 56.9 Å². The summed E-state index contributed by atoms with van der Waals surface area (Å²) < 4.78 is 23.5. The van der Waals surface area contributed by atoms with Gasteiger partial charge in [0.2, 0.25) is 0 Å². The fourth-order valence-corrected chi connectivity index (χ4v) is 4.47. The molecule has 6 nitrogen and oxygen atoms in total. The molecule has 164 valence electrons. The fourth-order valence-electron chi connectivity index (χ4n) is 3.52. The zero-order valence-electron chi connectivity index (χ0n) is 18.8. The first-order valence-electron chi connectivity index (χ1n) is 11.0. The Morgan fingerprint density at radius 2 is 1.90 bits per heavy atom. The van der Waals surface area contributed by atoms with Gasteiger partial charge in [-0.1, -0.05) is 20.8 Å². The highest BCUT2D eigenvalue weighted by atomic mass is 28.4. The lowest BCUT2D eigenvalue weighted by Gasteiger charge is -2.36. The third-order valence-corrected chi connectivity index (χ3v) is 11.0. The zero-order valence-corrected chi connectivity index (χ0v) is 19.8. The van der Waals surface area contributed by atoms with Crippen LogP contribution in [0.3, 0.4) is 0 Å². The second-order valence-electron chi connectivity index (χ2n) is 9.83. The maximum Gasteiger partial charge on any atom is 0.192 e. The minimum absolute atomic E-state index is 0.0855. The van der Waals surface area contributed by atoms with E-state index < -0.39 is 8.32 Å². The van der Waals surface area contributed by atoms with Gasteiger partial charge in [0.05, 0.1) is 44.8 Å². The normalized spacial score (nSPS) is 26.4. The molecule has 1 saturated carbocycles. The Morgan fingerprint density at radius 1 is 1.14 bits per heavy atom. The van der Waals surface area contributed by atoms with Crippen molar-refractivity contribution >= 4 is 8.32 Å². The average Bonchev–Trinajstić information content (AvgIpc) is 2.71. The van der Waals surface area contributed by atoms with Crippen molar-refractivity contribution in [2.24, 2.45) is 0 Å². The first-order chi connectivity index (χ1) is 13.7. The van der Waals surface area contributed by atoms with Crippen LogP contribution in [0.5, 0.6) is 0 Å². The van der Waals surface area contributed by atoms with Gasteiger partial charge in [-0.05, 0) is 49.9 Å². The van der Waals surface area contributed by atoms with Crippen molar-refractivity contribution < 1.29 is 18.6 Å². The Labute approximate surface area is 176 Å². The van der Waals surface area contributed by atoms with Crippen LogP contribution in [0.25, 0.3) is 0 Å². The van der Waals surface area contributed by atoms with E-state index in [4.69, 9.17) is 23.6 Å². The van der Waals surface area contributed by atoms with Crippen molar-refractivity contribution in [1.29, 1.82) is 0 Å². The van der Waals surface area contributed by atoms with E-state index in [2.05, 4.69) is 38.8 Å². The molecule has 1 saturated heterocycles. The smallest absolute Gasteiger partial charge is 0.192 e. The second kappa shape index (κ2) is 9.96. The Kier molecular flexibility index (Phi) is 7.84. The van der Waals surface area contributed by atoms with E-state index >= 15 is 0 Å².